The molecule has 0 spiro atoms. The third-order valence-electron chi connectivity index (χ3n) is 10.6. The monoisotopic (exact) mass is 651 g/mol. The zero-order chi connectivity index (χ0) is 32.8. The fourth-order valence-corrected chi connectivity index (χ4v) is 9.72. The number of hydrogen-bond donors (Lipinski definition) is 0. The average molecular weight is 652 g/mol. The molecular formula is C48H29NS. The highest BCUT2D eigenvalue weighted by Crippen LogP contribution is 2.45. The molecule has 2 heterocycles. The van der Waals surface area contributed by atoms with Gasteiger partial charge in [0, 0.05) is 36.6 Å². The molecule has 0 saturated heterocycles. The number of para-hydroxylation sites is 1. The highest BCUT2D eigenvalue weighted by molar-refractivity contribution is 7.26. The van der Waals surface area contributed by atoms with Crippen LogP contribution in [0.4, 0.5) is 0 Å². The minimum absolute atomic E-state index is 1.18. The van der Waals surface area contributed by atoms with Gasteiger partial charge in [0.15, 0.2) is 0 Å². The van der Waals surface area contributed by atoms with Crippen molar-refractivity contribution in [3.63, 3.8) is 0 Å². The van der Waals surface area contributed by atoms with Crippen LogP contribution >= 0.6 is 11.3 Å². The highest BCUT2D eigenvalue weighted by atomic mass is 32.1. The maximum atomic E-state index is 2.45. The van der Waals surface area contributed by atoms with E-state index in [9.17, 15) is 0 Å². The molecule has 2 aromatic heterocycles. The summed E-state index contributed by atoms with van der Waals surface area (Å²) in [5, 5.41) is 12.9. The van der Waals surface area contributed by atoms with Gasteiger partial charge in [-0.05, 0) is 84.9 Å². The van der Waals surface area contributed by atoms with Gasteiger partial charge in [-0.15, -0.1) is 11.3 Å². The lowest BCUT2D eigenvalue weighted by Crippen LogP contribution is -1.94. The summed E-state index contributed by atoms with van der Waals surface area (Å²) >= 11 is 1.91. The number of fused-ring (bicyclic) bond motifs is 12. The summed E-state index contributed by atoms with van der Waals surface area (Å²) in [6, 6.07) is 64.8. The maximum Gasteiger partial charge on any atom is 0.0541 e. The van der Waals surface area contributed by atoms with E-state index < -0.39 is 0 Å². The van der Waals surface area contributed by atoms with Crippen LogP contribution in [0.3, 0.4) is 0 Å². The SMILES string of the molecule is c1ccc(-c2cccc3c2sc2c(-c4ccc5c(c4)c4ccccc4n5-c4ccc5c6ccccc6c6ccccc6c5c4)cccc23)cc1. The van der Waals surface area contributed by atoms with Gasteiger partial charge < -0.3 is 4.57 Å². The Morgan fingerprint density at radius 3 is 1.50 bits per heavy atom. The number of benzene rings is 9. The summed E-state index contributed by atoms with van der Waals surface area (Å²) in [7, 11) is 0. The Morgan fingerprint density at radius 2 is 0.820 bits per heavy atom. The van der Waals surface area contributed by atoms with E-state index in [2.05, 4.69) is 180 Å². The minimum Gasteiger partial charge on any atom is -0.309 e. The molecule has 50 heavy (non-hydrogen) atoms. The van der Waals surface area contributed by atoms with Crippen molar-refractivity contribution in [1.29, 1.82) is 0 Å². The first-order valence-electron chi connectivity index (χ1n) is 17.2. The van der Waals surface area contributed by atoms with Crippen molar-refractivity contribution in [1.82, 2.24) is 4.57 Å². The van der Waals surface area contributed by atoms with Crippen LogP contribution in [0.5, 0.6) is 0 Å². The normalized spacial score (nSPS) is 12.0. The fraction of sp³-hybridized carbons (Fsp3) is 0. The van der Waals surface area contributed by atoms with E-state index >= 15 is 0 Å². The van der Waals surface area contributed by atoms with Crippen molar-refractivity contribution < 1.29 is 0 Å². The summed E-state index contributed by atoms with van der Waals surface area (Å²) in [5.74, 6) is 0. The number of aromatic nitrogens is 1. The lowest BCUT2D eigenvalue weighted by atomic mass is 9.94. The van der Waals surface area contributed by atoms with Gasteiger partial charge in [0.25, 0.3) is 0 Å². The molecule has 0 amide bonds. The molecule has 0 radical (unpaired) electrons. The maximum absolute atomic E-state index is 2.45. The van der Waals surface area contributed by atoms with E-state index in [0.29, 0.717) is 0 Å². The standard InChI is InChI=1S/C48H29NS/c1-2-12-30(13-3-1)33-19-10-21-41-42-22-11-20-34(48(42)50-47(33)41)31-24-27-46-44(28-31)40-18-8-9-23-45(40)49(46)32-25-26-39-37-16-5-4-14-35(37)36-15-6-7-17-38(36)43(39)29-32/h1-29H. The molecule has 0 fully saturated rings. The molecule has 0 unspecified atom stereocenters. The van der Waals surface area contributed by atoms with Gasteiger partial charge in [-0.25, -0.2) is 0 Å². The van der Waals surface area contributed by atoms with Gasteiger partial charge in [-0.1, -0.05) is 146 Å². The predicted molar refractivity (Wildman–Crippen MR) is 217 cm³/mol. The van der Waals surface area contributed by atoms with Crippen LogP contribution in [0.2, 0.25) is 0 Å². The quantitative estimate of drug-likeness (QED) is 0.168. The molecule has 1 nitrogen and oxygen atoms in total. The second-order valence-electron chi connectivity index (χ2n) is 13.2. The first-order chi connectivity index (χ1) is 24.8. The molecule has 11 aromatic rings. The van der Waals surface area contributed by atoms with E-state index in [0.717, 1.165) is 0 Å². The van der Waals surface area contributed by atoms with Crippen molar-refractivity contribution >= 4 is 85.6 Å². The van der Waals surface area contributed by atoms with E-state index in [1.165, 1.54) is 102 Å². The van der Waals surface area contributed by atoms with Gasteiger partial charge in [-0.2, -0.15) is 0 Å². The molecule has 2 heteroatoms. The molecule has 9 aromatic carbocycles. The van der Waals surface area contributed by atoms with Crippen LogP contribution in [0, 0.1) is 0 Å². The average Bonchev–Trinajstić information content (AvgIpc) is 3.74. The molecule has 11 rings (SSSR count). The topological polar surface area (TPSA) is 4.93 Å². The largest absolute Gasteiger partial charge is 0.309 e. The van der Waals surface area contributed by atoms with Crippen LogP contribution in [0.1, 0.15) is 0 Å². The van der Waals surface area contributed by atoms with Crippen molar-refractivity contribution in [3.05, 3.63) is 176 Å². The Bertz CT molecular complexity index is 3110. The van der Waals surface area contributed by atoms with Crippen LogP contribution in [-0.2, 0) is 0 Å². The van der Waals surface area contributed by atoms with Crippen molar-refractivity contribution in [3.8, 4) is 27.9 Å². The third kappa shape index (κ3) is 3.94. The second kappa shape index (κ2) is 10.6. The first kappa shape index (κ1) is 27.7. The molecule has 0 N–H and O–H groups in total. The lowest BCUT2D eigenvalue weighted by Gasteiger charge is -2.14. The molecule has 232 valence electrons. The Hall–Kier alpha value is -6.22. The lowest BCUT2D eigenvalue weighted by molar-refractivity contribution is 1.19. The summed E-state index contributed by atoms with van der Waals surface area (Å²) in [4.78, 5) is 0. The molecule has 0 saturated carbocycles. The van der Waals surface area contributed by atoms with Gasteiger partial charge in [0.2, 0.25) is 0 Å². The molecule has 0 atom stereocenters. The van der Waals surface area contributed by atoms with Crippen molar-refractivity contribution in [2.45, 2.75) is 0 Å². The van der Waals surface area contributed by atoms with E-state index in [-0.39, 0.29) is 0 Å². The van der Waals surface area contributed by atoms with Gasteiger partial charge >= 0.3 is 0 Å². The van der Waals surface area contributed by atoms with Crippen LogP contribution < -0.4 is 0 Å². The summed E-state index contributed by atoms with van der Waals surface area (Å²) in [5.41, 5.74) is 8.70. The minimum atomic E-state index is 1.18. The van der Waals surface area contributed by atoms with Gasteiger partial charge in [0.1, 0.15) is 0 Å². The summed E-state index contributed by atoms with van der Waals surface area (Å²) in [6.07, 6.45) is 0. The van der Waals surface area contributed by atoms with E-state index in [1.807, 2.05) is 11.3 Å². The number of rotatable bonds is 3. The number of hydrogen-bond acceptors (Lipinski definition) is 1. The molecule has 0 aliphatic carbocycles. The summed E-state index contributed by atoms with van der Waals surface area (Å²) in [6.45, 7) is 0. The number of thiophene rings is 1. The Balaban J connectivity index is 1.14. The number of nitrogens with zero attached hydrogens (tertiary/aromatic N) is 1. The van der Waals surface area contributed by atoms with Crippen molar-refractivity contribution in [2.24, 2.45) is 0 Å². The van der Waals surface area contributed by atoms with Gasteiger partial charge in [-0.3, -0.25) is 0 Å². The second-order valence-corrected chi connectivity index (χ2v) is 14.3. The Labute approximate surface area is 292 Å². The Morgan fingerprint density at radius 1 is 0.300 bits per heavy atom. The molecule has 0 bridgehead atoms. The molecule has 0 aliphatic heterocycles. The molecule has 0 aliphatic rings. The zero-order valence-corrected chi connectivity index (χ0v) is 27.9. The third-order valence-corrected chi connectivity index (χ3v) is 11.9. The fourth-order valence-electron chi connectivity index (χ4n) is 8.35. The zero-order valence-electron chi connectivity index (χ0n) is 27.1. The van der Waals surface area contributed by atoms with E-state index in [4.69, 9.17) is 0 Å². The Kier molecular flexibility index (Phi) is 5.89. The van der Waals surface area contributed by atoms with Crippen LogP contribution in [0.15, 0.2) is 176 Å². The van der Waals surface area contributed by atoms with Crippen LogP contribution in [-0.4, -0.2) is 4.57 Å². The highest BCUT2D eigenvalue weighted by Gasteiger charge is 2.18. The summed E-state index contributed by atoms with van der Waals surface area (Å²) < 4.78 is 5.13. The molecular weight excluding hydrogens is 623 g/mol. The smallest absolute Gasteiger partial charge is 0.0541 e. The van der Waals surface area contributed by atoms with Gasteiger partial charge in [0.05, 0.1) is 11.0 Å². The van der Waals surface area contributed by atoms with Crippen molar-refractivity contribution in [2.75, 3.05) is 0 Å². The van der Waals surface area contributed by atoms with Crippen LogP contribution in [0.25, 0.3) is 102 Å². The first-order valence-corrected chi connectivity index (χ1v) is 18.0. The van der Waals surface area contributed by atoms with E-state index in [1.54, 1.807) is 0 Å². The predicted octanol–water partition coefficient (Wildman–Crippen LogP) is 13.9.